The van der Waals surface area contributed by atoms with Crippen molar-refractivity contribution >= 4 is 38.6 Å². The Labute approximate surface area is 114 Å². The first kappa shape index (κ1) is 11.5. The highest BCUT2D eigenvalue weighted by Gasteiger charge is 2.27. The van der Waals surface area contributed by atoms with Gasteiger partial charge in [-0.3, -0.25) is 0 Å². The third-order valence-electron chi connectivity index (χ3n) is 3.17. The Balaban J connectivity index is 2.09. The molecule has 0 atom stereocenters. The molecule has 0 spiro atoms. The molecule has 2 nitrogen and oxygen atoms in total. The molecule has 4 heteroatoms. The van der Waals surface area contributed by atoms with Gasteiger partial charge in [0.05, 0.1) is 11.0 Å². The van der Waals surface area contributed by atoms with Gasteiger partial charge in [0.15, 0.2) is 0 Å². The van der Waals surface area contributed by atoms with E-state index in [1.165, 1.54) is 24.2 Å². The molecule has 1 aliphatic carbocycles. The van der Waals surface area contributed by atoms with E-state index in [-0.39, 0.29) is 0 Å². The molecule has 3 rings (SSSR count). The maximum atomic E-state index is 5.78. The van der Waals surface area contributed by atoms with Crippen LogP contribution in [0.25, 0.3) is 11.0 Å². The number of fused-ring (bicyclic) bond motifs is 1. The Morgan fingerprint density at radius 1 is 1.41 bits per heavy atom. The minimum atomic E-state index is 0.673. The van der Waals surface area contributed by atoms with Crippen molar-refractivity contribution in [2.75, 3.05) is 5.88 Å². The van der Waals surface area contributed by atoms with Crippen LogP contribution in [0.1, 0.15) is 31.1 Å². The van der Waals surface area contributed by atoms with Crippen LogP contribution in [0.15, 0.2) is 22.7 Å². The summed E-state index contributed by atoms with van der Waals surface area (Å²) in [4.78, 5) is 4.75. The fourth-order valence-corrected chi connectivity index (χ4v) is 2.75. The van der Waals surface area contributed by atoms with E-state index in [4.69, 9.17) is 16.6 Å². The smallest absolute Gasteiger partial charge is 0.110 e. The normalized spacial score (nSPS) is 15.6. The first-order chi connectivity index (χ1) is 8.29. The summed E-state index contributed by atoms with van der Waals surface area (Å²) in [6.07, 6.45) is 4.55. The standard InChI is InChI=1S/C13H14BrClN2/c14-9-3-6-12-11(8-9)16-13(2-1-7-15)17(12)10-4-5-10/h3,6,8,10H,1-2,4-5,7H2. The molecule has 90 valence electrons. The topological polar surface area (TPSA) is 17.8 Å². The van der Waals surface area contributed by atoms with Crippen molar-refractivity contribution in [3.63, 3.8) is 0 Å². The molecule has 1 saturated carbocycles. The molecule has 2 aromatic rings. The fourth-order valence-electron chi connectivity index (χ4n) is 2.26. The number of hydrogen-bond acceptors (Lipinski definition) is 1. The second-order valence-electron chi connectivity index (χ2n) is 4.55. The van der Waals surface area contributed by atoms with Crippen molar-refractivity contribution in [3.05, 3.63) is 28.5 Å². The molecule has 1 aliphatic rings. The number of imidazole rings is 1. The molecular weight excluding hydrogens is 300 g/mol. The van der Waals surface area contributed by atoms with Gasteiger partial charge in [-0.05, 0) is 37.5 Å². The van der Waals surface area contributed by atoms with Crippen LogP contribution in [0.3, 0.4) is 0 Å². The molecule has 0 bridgehead atoms. The molecule has 0 N–H and O–H groups in total. The van der Waals surface area contributed by atoms with Gasteiger partial charge in [-0.25, -0.2) is 4.98 Å². The summed E-state index contributed by atoms with van der Waals surface area (Å²) >= 11 is 9.28. The Bertz CT molecular complexity index is 546. The quantitative estimate of drug-likeness (QED) is 0.769. The highest BCUT2D eigenvalue weighted by Crippen LogP contribution is 2.39. The minimum Gasteiger partial charge on any atom is -0.325 e. The molecule has 0 radical (unpaired) electrons. The third kappa shape index (κ3) is 2.23. The largest absolute Gasteiger partial charge is 0.325 e. The Kier molecular flexibility index (Phi) is 3.14. The molecular formula is C13H14BrClN2. The minimum absolute atomic E-state index is 0.673. The van der Waals surface area contributed by atoms with Gasteiger partial charge in [0.25, 0.3) is 0 Å². The van der Waals surface area contributed by atoms with E-state index >= 15 is 0 Å². The van der Waals surface area contributed by atoms with Gasteiger partial charge >= 0.3 is 0 Å². The molecule has 1 heterocycles. The summed E-state index contributed by atoms with van der Waals surface area (Å²) in [6, 6.07) is 7.02. The number of benzene rings is 1. The van der Waals surface area contributed by atoms with Gasteiger partial charge in [-0.15, -0.1) is 11.6 Å². The number of nitrogens with zero attached hydrogens (tertiary/aromatic N) is 2. The molecule has 0 aliphatic heterocycles. The van der Waals surface area contributed by atoms with Crippen LogP contribution in [-0.2, 0) is 6.42 Å². The van der Waals surface area contributed by atoms with Crippen molar-refractivity contribution in [2.45, 2.75) is 31.7 Å². The van der Waals surface area contributed by atoms with E-state index in [2.05, 4.69) is 38.7 Å². The number of alkyl halides is 1. The summed E-state index contributed by atoms with van der Waals surface area (Å²) < 4.78 is 3.50. The lowest BCUT2D eigenvalue weighted by atomic mass is 10.3. The number of rotatable bonds is 4. The number of halogens is 2. The maximum Gasteiger partial charge on any atom is 0.110 e. The molecule has 0 saturated heterocycles. The van der Waals surface area contributed by atoms with E-state index in [9.17, 15) is 0 Å². The summed E-state index contributed by atoms with van der Waals surface area (Å²) in [7, 11) is 0. The first-order valence-corrected chi connectivity index (χ1v) is 7.34. The number of hydrogen-bond donors (Lipinski definition) is 0. The van der Waals surface area contributed by atoms with E-state index in [0.29, 0.717) is 11.9 Å². The lowest BCUT2D eigenvalue weighted by molar-refractivity contribution is 0.687. The zero-order valence-corrected chi connectivity index (χ0v) is 11.8. The van der Waals surface area contributed by atoms with Crippen molar-refractivity contribution in [1.29, 1.82) is 0 Å². The monoisotopic (exact) mass is 312 g/mol. The second-order valence-corrected chi connectivity index (χ2v) is 5.85. The molecule has 1 aromatic heterocycles. The third-order valence-corrected chi connectivity index (χ3v) is 3.93. The van der Waals surface area contributed by atoms with E-state index in [1.807, 2.05) is 0 Å². The zero-order valence-electron chi connectivity index (χ0n) is 9.50. The van der Waals surface area contributed by atoms with Crippen molar-refractivity contribution in [1.82, 2.24) is 9.55 Å². The molecule has 1 aromatic carbocycles. The fraction of sp³-hybridized carbons (Fsp3) is 0.462. The van der Waals surface area contributed by atoms with Gasteiger partial charge in [0.1, 0.15) is 5.82 Å². The number of aryl methyl sites for hydroxylation is 1. The van der Waals surface area contributed by atoms with Crippen molar-refractivity contribution in [3.8, 4) is 0 Å². The Morgan fingerprint density at radius 2 is 2.24 bits per heavy atom. The van der Waals surface area contributed by atoms with Crippen LogP contribution < -0.4 is 0 Å². The van der Waals surface area contributed by atoms with Gasteiger partial charge < -0.3 is 4.57 Å². The highest BCUT2D eigenvalue weighted by atomic mass is 79.9. The van der Waals surface area contributed by atoms with E-state index < -0.39 is 0 Å². The SMILES string of the molecule is ClCCCc1nc2cc(Br)ccc2n1C1CC1. The van der Waals surface area contributed by atoms with Crippen LogP contribution in [0.5, 0.6) is 0 Å². The highest BCUT2D eigenvalue weighted by molar-refractivity contribution is 9.10. The predicted molar refractivity (Wildman–Crippen MR) is 74.7 cm³/mol. The van der Waals surface area contributed by atoms with Gasteiger partial charge in [-0.2, -0.15) is 0 Å². The average Bonchev–Trinajstić information content (AvgIpc) is 3.08. The van der Waals surface area contributed by atoms with Crippen LogP contribution in [0, 0.1) is 0 Å². The zero-order chi connectivity index (χ0) is 11.8. The predicted octanol–water partition coefficient (Wildman–Crippen LogP) is 4.31. The lowest BCUT2D eigenvalue weighted by Gasteiger charge is -2.06. The van der Waals surface area contributed by atoms with Crippen LogP contribution in [0.4, 0.5) is 0 Å². The first-order valence-electron chi connectivity index (χ1n) is 6.02. The second kappa shape index (κ2) is 4.62. The van der Waals surface area contributed by atoms with Crippen molar-refractivity contribution < 1.29 is 0 Å². The Hall–Kier alpha value is -0.540. The summed E-state index contributed by atoms with van der Waals surface area (Å²) in [5.41, 5.74) is 2.36. The van der Waals surface area contributed by atoms with Crippen molar-refractivity contribution in [2.24, 2.45) is 0 Å². The summed E-state index contributed by atoms with van der Waals surface area (Å²) in [5, 5.41) is 0. The van der Waals surface area contributed by atoms with Gasteiger partial charge in [0, 0.05) is 22.8 Å². The lowest BCUT2D eigenvalue weighted by Crippen LogP contribution is -2.01. The Morgan fingerprint density at radius 3 is 2.94 bits per heavy atom. The number of aromatic nitrogens is 2. The summed E-state index contributed by atoms with van der Waals surface area (Å²) in [6.45, 7) is 0. The van der Waals surface area contributed by atoms with Gasteiger partial charge in [-0.1, -0.05) is 15.9 Å². The van der Waals surface area contributed by atoms with Crippen LogP contribution in [-0.4, -0.2) is 15.4 Å². The van der Waals surface area contributed by atoms with Gasteiger partial charge in [0.2, 0.25) is 0 Å². The van der Waals surface area contributed by atoms with E-state index in [1.54, 1.807) is 0 Å². The molecule has 1 fully saturated rings. The van der Waals surface area contributed by atoms with Crippen LogP contribution >= 0.6 is 27.5 Å². The summed E-state index contributed by atoms with van der Waals surface area (Å²) in [5.74, 6) is 1.90. The maximum absolute atomic E-state index is 5.78. The van der Waals surface area contributed by atoms with Crippen LogP contribution in [0.2, 0.25) is 0 Å². The van der Waals surface area contributed by atoms with E-state index in [0.717, 1.165) is 22.8 Å². The molecule has 0 amide bonds. The average molecular weight is 314 g/mol. The molecule has 17 heavy (non-hydrogen) atoms. The molecule has 0 unspecified atom stereocenters.